The van der Waals surface area contributed by atoms with Crippen molar-refractivity contribution in [2.45, 2.75) is 33.4 Å². The molecule has 0 saturated heterocycles. The van der Waals surface area contributed by atoms with Crippen LogP contribution in [0.5, 0.6) is 0 Å². The highest BCUT2D eigenvalue weighted by molar-refractivity contribution is 5.81. The van der Waals surface area contributed by atoms with E-state index < -0.39 is 18.1 Å². The number of benzene rings is 1. The Hall–Kier alpha value is -2.04. The van der Waals surface area contributed by atoms with E-state index in [-0.39, 0.29) is 12.5 Å². The minimum absolute atomic E-state index is 0.183. The quantitative estimate of drug-likeness (QED) is 0.757. The molecule has 0 aliphatic heterocycles. The van der Waals surface area contributed by atoms with Crippen molar-refractivity contribution in [3.05, 3.63) is 35.9 Å². The van der Waals surface area contributed by atoms with Gasteiger partial charge < -0.3 is 9.47 Å². The van der Waals surface area contributed by atoms with E-state index in [1.54, 1.807) is 6.92 Å². The molecule has 1 aromatic carbocycles. The molecule has 1 rings (SSSR count). The zero-order valence-corrected chi connectivity index (χ0v) is 13.0. The van der Waals surface area contributed by atoms with Gasteiger partial charge in [-0.05, 0) is 18.4 Å². The molecule has 0 aliphatic rings. The molecule has 0 aromatic heterocycles. The monoisotopic (exact) mass is 293 g/mol. The summed E-state index contributed by atoms with van der Waals surface area (Å²) in [6.07, 6.45) is -0.509. The van der Waals surface area contributed by atoms with E-state index in [9.17, 15) is 9.59 Å². The predicted octanol–water partition coefficient (Wildman–Crippen LogP) is 2.84. The summed E-state index contributed by atoms with van der Waals surface area (Å²) in [5, 5.41) is 0. The first-order valence-corrected chi connectivity index (χ1v) is 7.00. The van der Waals surface area contributed by atoms with Crippen LogP contribution < -0.4 is 0 Å². The van der Waals surface area contributed by atoms with E-state index in [1.165, 1.54) is 12.0 Å². The van der Waals surface area contributed by atoms with Gasteiger partial charge in [-0.3, -0.25) is 4.90 Å². The van der Waals surface area contributed by atoms with E-state index in [1.807, 2.05) is 44.2 Å². The third kappa shape index (κ3) is 5.45. The second-order valence-electron chi connectivity index (χ2n) is 5.29. The molecule has 0 heterocycles. The van der Waals surface area contributed by atoms with Gasteiger partial charge in [-0.1, -0.05) is 44.2 Å². The molecule has 1 aromatic rings. The normalized spacial score (nSPS) is 11.9. The van der Waals surface area contributed by atoms with Gasteiger partial charge in [-0.15, -0.1) is 0 Å². The van der Waals surface area contributed by atoms with E-state index in [0.717, 1.165) is 5.56 Å². The molecule has 0 aliphatic carbocycles. The van der Waals surface area contributed by atoms with E-state index in [4.69, 9.17) is 9.47 Å². The Morgan fingerprint density at radius 2 is 1.76 bits per heavy atom. The summed E-state index contributed by atoms with van der Waals surface area (Å²) >= 11 is 0. The van der Waals surface area contributed by atoms with Crippen molar-refractivity contribution in [3.8, 4) is 0 Å². The van der Waals surface area contributed by atoms with Crippen LogP contribution in [0.1, 0.15) is 26.3 Å². The average Bonchev–Trinajstić information content (AvgIpc) is 2.49. The van der Waals surface area contributed by atoms with Gasteiger partial charge in [0.05, 0.1) is 7.11 Å². The fraction of sp³-hybridized carbons (Fsp3) is 0.500. The van der Waals surface area contributed by atoms with Gasteiger partial charge in [0.1, 0.15) is 12.6 Å². The summed E-state index contributed by atoms with van der Waals surface area (Å²) in [7, 11) is 1.31. The largest absolute Gasteiger partial charge is 0.467 e. The molecule has 0 saturated carbocycles. The summed E-state index contributed by atoms with van der Waals surface area (Å²) in [6.45, 7) is 6.20. The molecule has 0 fully saturated rings. The van der Waals surface area contributed by atoms with E-state index in [0.29, 0.717) is 6.54 Å². The smallest absolute Gasteiger partial charge is 0.410 e. The predicted molar refractivity (Wildman–Crippen MR) is 79.6 cm³/mol. The fourth-order valence-corrected chi connectivity index (χ4v) is 1.88. The van der Waals surface area contributed by atoms with Crippen molar-refractivity contribution >= 4 is 12.1 Å². The van der Waals surface area contributed by atoms with Gasteiger partial charge in [0.2, 0.25) is 0 Å². The third-order valence-electron chi connectivity index (χ3n) is 3.01. The lowest BCUT2D eigenvalue weighted by Crippen LogP contribution is -2.45. The van der Waals surface area contributed by atoms with E-state index >= 15 is 0 Å². The highest BCUT2D eigenvalue weighted by atomic mass is 16.6. The average molecular weight is 293 g/mol. The Kier molecular flexibility index (Phi) is 6.72. The summed E-state index contributed by atoms with van der Waals surface area (Å²) in [5.74, 6) is -0.228. The van der Waals surface area contributed by atoms with Crippen molar-refractivity contribution in [1.82, 2.24) is 4.90 Å². The number of methoxy groups -OCH3 is 1. The molecule has 1 atom stereocenters. The number of rotatable bonds is 6. The highest BCUT2D eigenvalue weighted by Crippen LogP contribution is 2.10. The second-order valence-corrected chi connectivity index (χ2v) is 5.29. The standard InChI is InChI=1S/C16H23NO4/c1-12(2)10-17(13(3)15(18)20-4)16(19)21-11-14-8-6-5-7-9-14/h5-9,12-13H,10-11H2,1-4H3/t13-/m0/s1. The SMILES string of the molecule is COC(=O)[C@H](C)N(CC(C)C)C(=O)OCc1ccccc1. The van der Waals surface area contributed by atoms with Gasteiger partial charge in [0.15, 0.2) is 0 Å². The van der Waals surface area contributed by atoms with Crippen LogP contribution >= 0.6 is 0 Å². The van der Waals surface area contributed by atoms with Crippen LogP contribution in [0.2, 0.25) is 0 Å². The maximum Gasteiger partial charge on any atom is 0.410 e. The number of esters is 1. The summed E-state index contributed by atoms with van der Waals surface area (Å²) in [6, 6.07) is 8.75. The first kappa shape index (κ1) is 17.0. The van der Waals surface area contributed by atoms with Crippen molar-refractivity contribution < 1.29 is 19.1 Å². The molecule has 1 amide bonds. The molecule has 116 valence electrons. The number of amides is 1. The van der Waals surface area contributed by atoms with Crippen LogP contribution in [-0.2, 0) is 20.9 Å². The fourth-order valence-electron chi connectivity index (χ4n) is 1.88. The number of nitrogens with zero attached hydrogens (tertiary/aromatic N) is 1. The highest BCUT2D eigenvalue weighted by Gasteiger charge is 2.28. The molecule has 0 unspecified atom stereocenters. The Bertz CT molecular complexity index is 459. The zero-order valence-electron chi connectivity index (χ0n) is 13.0. The molecular formula is C16H23NO4. The lowest BCUT2D eigenvalue weighted by molar-refractivity contribution is -0.145. The van der Waals surface area contributed by atoms with Crippen LogP contribution in [-0.4, -0.2) is 36.7 Å². The van der Waals surface area contributed by atoms with Gasteiger partial charge in [0.25, 0.3) is 0 Å². The summed E-state index contributed by atoms with van der Waals surface area (Å²) < 4.78 is 9.99. The Morgan fingerprint density at radius 1 is 1.14 bits per heavy atom. The Labute approximate surface area is 125 Å². The summed E-state index contributed by atoms with van der Waals surface area (Å²) in [4.78, 5) is 25.3. The van der Waals surface area contributed by atoms with Gasteiger partial charge >= 0.3 is 12.1 Å². The molecule has 0 bridgehead atoms. The maximum atomic E-state index is 12.2. The number of carbonyl (C=O) groups excluding carboxylic acids is 2. The lowest BCUT2D eigenvalue weighted by Gasteiger charge is -2.28. The van der Waals surface area contributed by atoms with Gasteiger partial charge in [-0.25, -0.2) is 9.59 Å². The van der Waals surface area contributed by atoms with E-state index in [2.05, 4.69) is 0 Å². The van der Waals surface area contributed by atoms with Crippen molar-refractivity contribution in [2.24, 2.45) is 5.92 Å². The van der Waals surface area contributed by atoms with Crippen molar-refractivity contribution in [3.63, 3.8) is 0 Å². The van der Waals surface area contributed by atoms with Crippen molar-refractivity contribution in [2.75, 3.05) is 13.7 Å². The third-order valence-corrected chi connectivity index (χ3v) is 3.01. The molecular weight excluding hydrogens is 270 g/mol. The van der Waals surface area contributed by atoms with Crippen LogP contribution in [0.15, 0.2) is 30.3 Å². The van der Waals surface area contributed by atoms with Crippen molar-refractivity contribution in [1.29, 1.82) is 0 Å². The maximum absolute atomic E-state index is 12.2. The molecule has 0 radical (unpaired) electrons. The molecule has 21 heavy (non-hydrogen) atoms. The molecule has 0 spiro atoms. The zero-order chi connectivity index (χ0) is 15.8. The number of hydrogen-bond donors (Lipinski definition) is 0. The number of hydrogen-bond acceptors (Lipinski definition) is 4. The van der Waals surface area contributed by atoms with Crippen LogP contribution in [0, 0.1) is 5.92 Å². The molecule has 0 N–H and O–H groups in total. The van der Waals surface area contributed by atoms with Gasteiger partial charge in [-0.2, -0.15) is 0 Å². The van der Waals surface area contributed by atoms with Crippen LogP contribution in [0.4, 0.5) is 4.79 Å². The van der Waals surface area contributed by atoms with Gasteiger partial charge in [0, 0.05) is 6.54 Å². The van der Waals surface area contributed by atoms with Crippen LogP contribution in [0.3, 0.4) is 0 Å². The minimum Gasteiger partial charge on any atom is -0.467 e. The topological polar surface area (TPSA) is 55.8 Å². The first-order valence-electron chi connectivity index (χ1n) is 7.00. The first-order chi connectivity index (χ1) is 9.95. The van der Waals surface area contributed by atoms with Crippen LogP contribution in [0.25, 0.3) is 0 Å². The number of ether oxygens (including phenoxy) is 2. The molecule has 5 heteroatoms. The molecule has 5 nitrogen and oxygen atoms in total. The summed E-state index contributed by atoms with van der Waals surface area (Å²) in [5.41, 5.74) is 0.904. The number of carbonyl (C=O) groups is 2. The second kappa shape index (κ2) is 8.29. The Morgan fingerprint density at radius 3 is 2.29 bits per heavy atom. The Balaban J connectivity index is 2.69. The lowest BCUT2D eigenvalue weighted by atomic mass is 10.2. The minimum atomic E-state index is -0.666.